The van der Waals surface area contributed by atoms with Crippen molar-refractivity contribution in [3.63, 3.8) is 0 Å². The minimum absolute atomic E-state index is 0.622. The van der Waals surface area contributed by atoms with Crippen molar-refractivity contribution < 1.29 is 4.74 Å². The average Bonchev–Trinajstić information content (AvgIpc) is 2.33. The summed E-state index contributed by atoms with van der Waals surface area (Å²) in [7, 11) is 0. The van der Waals surface area contributed by atoms with Crippen LogP contribution in [0.5, 0.6) is 0 Å². The van der Waals surface area contributed by atoms with Gasteiger partial charge in [0.05, 0.1) is 12.2 Å². The van der Waals surface area contributed by atoms with Gasteiger partial charge < -0.3 is 15.4 Å². The number of ether oxygens (including phenoxy) is 1. The molecule has 0 spiro atoms. The summed E-state index contributed by atoms with van der Waals surface area (Å²) in [5.41, 5.74) is 1.16. The van der Waals surface area contributed by atoms with Crippen LogP contribution in [0.2, 0.25) is 0 Å². The number of dihydropyridines is 1. The monoisotopic (exact) mass is 124 g/mol. The van der Waals surface area contributed by atoms with Crippen LogP contribution in [0.1, 0.15) is 0 Å². The van der Waals surface area contributed by atoms with E-state index in [0.717, 1.165) is 18.0 Å². The smallest absolute Gasteiger partial charge is 0.159 e. The van der Waals surface area contributed by atoms with E-state index in [-0.39, 0.29) is 0 Å². The molecule has 0 atom stereocenters. The zero-order valence-corrected chi connectivity index (χ0v) is 4.98. The molecule has 0 amide bonds. The Balaban J connectivity index is 2.28. The van der Waals surface area contributed by atoms with Crippen LogP contribution >= 0.6 is 0 Å². The van der Waals surface area contributed by atoms with Gasteiger partial charge in [-0.05, 0) is 6.08 Å². The van der Waals surface area contributed by atoms with Crippen molar-refractivity contribution in [1.82, 2.24) is 10.6 Å². The van der Waals surface area contributed by atoms with Gasteiger partial charge in [0.1, 0.15) is 5.76 Å². The Kier molecular flexibility index (Phi) is 0.886. The number of allylic oxidation sites excluding steroid dienone is 1. The van der Waals surface area contributed by atoms with E-state index in [9.17, 15) is 0 Å². The third kappa shape index (κ3) is 0.650. The lowest BCUT2D eigenvalue weighted by molar-refractivity contribution is 0.244. The molecule has 0 saturated carbocycles. The van der Waals surface area contributed by atoms with Gasteiger partial charge in [0.25, 0.3) is 0 Å². The first kappa shape index (κ1) is 4.73. The van der Waals surface area contributed by atoms with Gasteiger partial charge in [-0.15, -0.1) is 0 Å². The van der Waals surface area contributed by atoms with E-state index < -0.39 is 0 Å². The predicted molar refractivity (Wildman–Crippen MR) is 33.3 cm³/mol. The molecule has 3 nitrogen and oxygen atoms in total. The van der Waals surface area contributed by atoms with Crippen molar-refractivity contribution in [2.24, 2.45) is 0 Å². The maximum atomic E-state index is 5.20. The Labute approximate surface area is 53.4 Å². The third-order valence-corrected chi connectivity index (χ3v) is 1.44. The summed E-state index contributed by atoms with van der Waals surface area (Å²) in [5.74, 6) is 0.980. The van der Waals surface area contributed by atoms with Gasteiger partial charge in [-0.3, -0.25) is 0 Å². The van der Waals surface area contributed by atoms with Crippen molar-refractivity contribution in [1.29, 1.82) is 0 Å². The molecule has 0 radical (unpaired) electrons. The van der Waals surface area contributed by atoms with Crippen LogP contribution in [0, 0.1) is 0 Å². The molecule has 2 rings (SSSR count). The maximum Gasteiger partial charge on any atom is 0.159 e. The molecule has 0 aromatic carbocycles. The second-order valence-electron chi connectivity index (χ2n) is 2.02. The molecule has 2 heterocycles. The SMILES string of the molecule is C1=CC2=C(CN1)NCO2. The molecule has 9 heavy (non-hydrogen) atoms. The summed E-state index contributed by atoms with van der Waals surface area (Å²) in [4.78, 5) is 0. The Morgan fingerprint density at radius 1 is 1.56 bits per heavy atom. The molecule has 2 aliphatic rings. The van der Waals surface area contributed by atoms with E-state index in [0.29, 0.717) is 6.73 Å². The first-order valence-corrected chi connectivity index (χ1v) is 2.96. The number of hydrogen-bond acceptors (Lipinski definition) is 3. The molecule has 48 valence electrons. The van der Waals surface area contributed by atoms with Crippen LogP contribution in [0.4, 0.5) is 0 Å². The number of nitrogens with one attached hydrogen (secondary N) is 2. The highest BCUT2D eigenvalue weighted by Gasteiger charge is 2.13. The largest absolute Gasteiger partial charge is 0.471 e. The van der Waals surface area contributed by atoms with Crippen LogP contribution in [-0.4, -0.2) is 13.3 Å². The second kappa shape index (κ2) is 1.69. The standard InChI is InChI=1S/C6H8N2O/c1-2-7-3-5-6(1)9-4-8-5/h1-2,7-8H,3-4H2. The van der Waals surface area contributed by atoms with Crippen LogP contribution < -0.4 is 10.6 Å². The van der Waals surface area contributed by atoms with E-state index in [1.54, 1.807) is 0 Å². The lowest BCUT2D eigenvalue weighted by Crippen LogP contribution is -2.20. The zero-order valence-electron chi connectivity index (χ0n) is 4.98. The first-order valence-electron chi connectivity index (χ1n) is 2.96. The van der Waals surface area contributed by atoms with Crippen LogP contribution in [-0.2, 0) is 4.74 Å². The molecular weight excluding hydrogens is 116 g/mol. The highest BCUT2D eigenvalue weighted by Crippen LogP contribution is 2.12. The lowest BCUT2D eigenvalue weighted by Gasteiger charge is -2.06. The molecule has 0 unspecified atom stereocenters. The molecule has 0 aromatic heterocycles. The molecular formula is C6H8N2O. The van der Waals surface area contributed by atoms with E-state index in [4.69, 9.17) is 4.74 Å². The van der Waals surface area contributed by atoms with Gasteiger partial charge in [0.15, 0.2) is 6.73 Å². The highest BCUT2D eigenvalue weighted by atomic mass is 16.5. The fourth-order valence-electron chi connectivity index (χ4n) is 0.969. The summed E-state index contributed by atoms with van der Waals surface area (Å²) in [6.07, 6.45) is 3.82. The molecule has 0 aliphatic carbocycles. The average molecular weight is 124 g/mol. The summed E-state index contributed by atoms with van der Waals surface area (Å²) in [5, 5.41) is 6.18. The molecule has 0 bridgehead atoms. The maximum absolute atomic E-state index is 5.20. The molecule has 0 aromatic rings. The van der Waals surface area contributed by atoms with Crippen LogP contribution in [0.25, 0.3) is 0 Å². The zero-order chi connectivity index (χ0) is 6.10. The van der Waals surface area contributed by atoms with Gasteiger partial charge in [-0.25, -0.2) is 0 Å². The van der Waals surface area contributed by atoms with Crippen molar-refractivity contribution in [3.8, 4) is 0 Å². The van der Waals surface area contributed by atoms with Gasteiger partial charge in [-0.2, -0.15) is 0 Å². The normalized spacial score (nSPS) is 22.2. The number of hydrogen-bond donors (Lipinski definition) is 2. The van der Waals surface area contributed by atoms with Crippen molar-refractivity contribution in [3.05, 3.63) is 23.7 Å². The summed E-state index contributed by atoms with van der Waals surface area (Å²) in [6.45, 7) is 1.49. The molecule has 2 N–H and O–H groups in total. The fraction of sp³-hybridized carbons (Fsp3) is 0.333. The minimum atomic E-state index is 0.622. The Hall–Kier alpha value is -1.12. The highest BCUT2D eigenvalue weighted by molar-refractivity contribution is 5.25. The summed E-state index contributed by atoms with van der Waals surface area (Å²) < 4.78 is 5.20. The van der Waals surface area contributed by atoms with E-state index in [1.807, 2.05) is 12.3 Å². The van der Waals surface area contributed by atoms with Crippen LogP contribution in [0.3, 0.4) is 0 Å². The predicted octanol–water partition coefficient (Wildman–Crippen LogP) is -0.108. The van der Waals surface area contributed by atoms with E-state index >= 15 is 0 Å². The molecule has 0 saturated heterocycles. The van der Waals surface area contributed by atoms with Crippen molar-refractivity contribution in [2.75, 3.05) is 13.3 Å². The van der Waals surface area contributed by atoms with Crippen LogP contribution in [0.15, 0.2) is 23.7 Å². The minimum Gasteiger partial charge on any atom is -0.471 e. The quantitative estimate of drug-likeness (QED) is 0.473. The topological polar surface area (TPSA) is 33.3 Å². The Morgan fingerprint density at radius 3 is 3.44 bits per heavy atom. The first-order chi connectivity index (χ1) is 4.47. The van der Waals surface area contributed by atoms with Gasteiger partial charge in [0.2, 0.25) is 0 Å². The van der Waals surface area contributed by atoms with Gasteiger partial charge in [0, 0.05) is 6.20 Å². The second-order valence-corrected chi connectivity index (χ2v) is 2.02. The van der Waals surface area contributed by atoms with E-state index in [2.05, 4.69) is 10.6 Å². The van der Waals surface area contributed by atoms with E-state index in [1.165, 1.54) is 0 Å². The third-order valence-electron chi connectivity index (χ3n) is 1.44. The summed E-state index contributed by atoms with van der Waals surface area (Å²) >= 11 is 0. The van der Waals surface area contributed by atoms with Gasteiger partial charge >= 0.3 is 0 Å². The fourth-order valence-corrected chi connectivity index (χ4v) is 0.969. The number of rotatable bonds is 0. The lowest BCUT2D eigenvalue weighted by atomic mass is 10.3. The van der Waals surface area contributed by atoms with Gasteiger partial charge in [-0.1, -0.05) is 0 Å². The Bertz CT molecular complexity index is 183. The Morgan fingerprint density at radius 2 is 2.56 bits per heavy atom. The summed E-state index contributed by atoms with van der Waals surface area (Å²) in [6, 6.07) is 0. The molecule has 0 fully saturated rings. The van der Waals surface area contributed by atoms with Crippen molar-refractivity contribution >= 4 is 0 Å². The molecule has 2 aliphatic heterocycles. The molecule has 3 heteroatoms. The van der Waals surface area contributed by atoms with Crippen molar-refractivity contribution in [2.45, 2.75) is 0 Å².